The molecule has 0 spiro atoms. The van der Waals surface area contributed by atoms with Crippen LogP contribution in [0.3, 0.4) is 0 Å². The number of carbonyl (C=O) groups is 1. The van der Waals surface area contributed by atoms with E-state index >= 15 is 0 Å². The normalized spacial score (nSPS) is 11.1. The Morgan fingerprint density at radius 2 is 2.19 bits per heavy atom. The predicted molar refractivity (Wildman–Crippen MR) is 86.5 cm³/mol. The number of aryl methyl sites for hydroxylation is 1. The molecule has 2 rings (SSSR count). The second-order valence-electron chi connectivity index (χ2n) is 5.08. The van der Waals surface area contributed by atoms with E-state index in [2.05, 4.69) is 31.2 Å². The van der Waals surface area contributed by atoms with Crippen molar-refractivity contribution in [1.82, 2.24) is 19.2 Å². The summed E-state index contributed by atoms with van der Waals surface area (Å²) in [5, 5.41) is 7.12. The van der Waals surface area contributed by atoms with Crippen molar-refractivity contribution < 1.29 is 4.79 Å². The molecule has 2 aromatic heterocycles. The lowest BCUT2D eigenvalue weighted by atomic mass is 10.4. The third kappa shape index (κ3) is 4.18. The smallest absolute Gasteiger partial charge is 0.272 e. The third-order valence-electron chi connectivity index (χ3n) is 3.10. The molecule has 0 aliphatic rings. The molecule has 7 heteroatoms. The molecular formula is C14H20BrN5O. The van der Waals surface area contributed by atoms with Gasteiger partial charge in [0.25, 0.3) is 5.91 Å². The van der Waals surface area contributed by atoms with E-state index in [9.17, 15) is 4.79 Å². The van der Waals surface area contributed by atoms with Gasteiger partial charge < -0.3 is 14.8 Å². The van der Waals surface area contributed by atoms with Crippen LogP contribution in [-0.2, 0) is 13.1 Å². The molecule has 0 aliphatic heterocycles. The van der Waals surface area contributed by atoms with E-state index < -0.39 is 0 Å². The summed E-state index contributed by atoms with van der Waals surface area (Å²) in [6.07, 6.45) is 5.41. The average Bonchev–Trinajstić information content (AvgIpc) is 3.02. The van der Waals surface area contributed by atoms with E-state index in [0.717, 1.165) is 24.1 Å². The Balaban J connectivity index is 2.02. The summed E-state index contributed by atoms with van der Waals surface area (Å²) in [7, 11) is 4.03. The largest absolute Gasteiger partial charge is 0.343 e. The SMILES string of the molecule is CCn1cc(Br)cc1C(=O)Nc1cnn(CCN(C)C)c1. The molecule has 0 atom stereocenters. The maximum atomic E-state index is 12.3. The Labute approximate surface area is 132 Å². The summed E-state index contributed by atoms with van der Waals surface area (Å²) in [6, 6.07) is 1.81. The van der Waals surface area contributed by atoms with E-state index in [-0.39, 0.29) is 5.91 Å². The van der Waals surface area contributed by atoms with Gasteiger partial charge in [-0.2, -0.15) is 5.10 Å². The van der Waals surface area contributed by atoms with Crippen molar-refractivity contribution in [2.75, 3.05) is 26.0 Å². The lowest BCUT2D eigenvalue weighted by Crippen LogP contribution is -2.18. The van der Waals surface area contributed by atoms with Crippen LogP contribution in [0.15, 0.2) is 29.1 Å². The summed E-state index contributed by atoms with van der Waals surface area (Å²) >= 11 is 3.39. The van der Waals surface area contributed by atoms with Crippen LogP contribution in [0.1, 0.15) is 17.4 Å². The quantitative estimate of drug-likeness (QED) is 0.866. The molecule has 0 aromatic carbocycles. The molecule has 21 heavy (non-hydrogen) atoms. The van der Waals surface area contributed by atoms with E-state index in [1.54, 1.807) is 6.20 Å². The van der Waals surface area contributed by atoms with Gasteiger partial charge in [-0.3, -0.25) is 9.48 Å². The Morgan fingerprint density at radius 1 is 1.43 bits per heavy atom. The highest BCUT2D eigenvalue weighted by Crippen LogP contribution is 2.16. The Morgan fingerprint density at radius 3 is 2.86 bits per heavy atom. The van der Waals surface area contributed by atoms with E-state index in [1.165, 1.54) is 0 Å². The van der Waals surface area contributed by atoms with Crippen LogP contribution < -0.4 is 5.32 Å². The first-order valence-corrected chi connectivity index (χ1v) is 7.63. The molecule has 6 nitrogen and oxygen atoms in total. The number of hydrogen-bond donors (Lipinski definition) is 1. The Hall–Kier alpha value is -1.60. The highest BCUT2D eigenvalue weighted by Gasteiger charge is 2.13. The van der Waals surface area contributed by atoms with Crippen molar-refractivity contribution in [2.45, 2.75) is 20.0 Å². The topological polar surface area (TPSA) is 55.1 Å². The molecular weight excluding hydrogens is 334 g/mol. The number of aromatic nitrogens is 3. The zero-order valence-corrected chi connectivity index (χ0v) is 14.1. The molecule has 2 heterocycles. The number of carbonyl (C=O) groups excluding carboxylic acids is 1. The van der Waals surface area contributed by atoms with Crippen LogP contribution in [0.2, 0.25) is 0 Å². The Kier molecular flexibility index (Phi) is 5.19. The van der Waals surface area contributed by atoms with Gasteiger partial charge in [-0.15, -0.1) is 0 Å². The minimum atomic E-state index is -0.130. The molecule has 1 N–H and O–H groups in total. The van der Waals surface area contributed by atoms with Gasteiger partial charge in [0.2, 0.25) is 0 Å². The molecule has 0 saturated heterocycles. The van der Waals surface area contributed by atoms with Gasteiger partial charge in [0, 0.05) is 30.0 Å². The predicted octanol–water partition coefficient (Wildman–Crippen LogP) is 2.28. The number of nitrogens with zero attached hydrogens (tertiary/aromatic N) is 4. The van der Waals surface area contributed by atoms with Crippen LogP contribution >= 0.6 is 15.9 Å². The maximum absolute atomic E-state index is 12.3. The molecule has 0 aliphatic carbocycles. The zero-order valence-electron chi connectivity index (χ0n) is 12.5. The molecule has 0 unspecified atom stereocenters. The molecule has 0 saturated carbocycles. The van der Waals surface area contributed by atoms with Gasteiger partial charge in [0.05, 0.1) is 18.4 Å². The van der Waals surface area contributed by atoms with Crippen molar-refractivity contribution in [3.63, 3.8) is 0 Å². The highest BCUT2D eigenvalue weighted by molar-refractivity contribution is 9.10. The van der Waals surface area contributed by atoms with E-state index in [1.807, 2.05) is 48.7 Å². The van der Waals surface area contributed by atoms with Crippen molar-refractivity contribution in [1.29, 1.82) is 0 Å². The van der Waals surface area contributed by atoms with Gasteiger partial charge in [-0.25, -0.2) is 0 Å². The average molecular weight is 354 g/mol. The molecule has 1 amide bonds. The van der Waals surface area contributed by atoms with Gasteiger partial charge in [-0.1, -0.05) is 0 Å². The molecule has 2 aromatic rings. The van der Waals surface area contributed by atoms with Crippen LogP contribution in [0.5, 0.6) is 0 Å². The summed E-state index contributed by atoms with van der Waals surface area (Å²) in [5.74, 6) is -0.130. The number of hydrogen-bond acceptors (Lipinski definition) is 3. The summed E-state index contributed by atoms with van der Waals surface area (Å²) in [5.41, 5.74) is 1.34. The Bertz CT molecular complexity index is 617. The summed E-state index contributed by atoms with van der Waals surface area (Å²) in [6.45, 7) is 4.44. The van der Waals surface area contributed by atoms with Crippen LogP contribution in [0.4, 0.5) is 5.69 Å². The minimum absolute atomic E-state index is 0.130. The number of rotatable bonds is 6. The number of nitrogens with one attached hydrogen (secondary N) is 1. The molecule has 0 bridgehead atoms. The number of anilines is 1. The molecule has 114 valence electrons. The number of likely N-dealkylation sites (N-methyl/N-ethyl adjacent to an activating group) is 1. The van der Waals surface area contributed by atoms with E-state index in [0.29, 0.717) is 11.4 Å². The van der Waals surface area contributed by atoms with Gasteiger partial charge in [-0.05, 0) is 43.0 Å². The van der Waals surface area contributed by atoms with Gasteiger partial charge >= 0.3 is 0 Å². The second kappa shape index (κ2) is 6.91. The van der Waals surface area contributed by atoms with Crippen molar-refractivity contribution in [3.8, 4) is 0 Å². The number of halogens is 1. The lowest BCUT2D eigenvalue weighted by molar-refractivity contribution is 0.101. The fourth-order valence-corrected chi connectivity index (χ4v) is 2.44. The van der Waals surface area contributed by atoms with Crippen molar-refractivity contribution in [2.24, 2.45) is 0 Å². The van der Waals surface area contributed by atoms with Crippen LogP contribution in [-0.4, -0.2) is 45.8 Å². The zero-order chi connectivity index (χ0) is 15.4. The highest BCUT2D eigenvalue weighted by atomic mass is 79.9. The monoisotopic (exact) mass is 353 g/mol. The summed E-state index contributed by atoms with van der Waals surface area (Å²) in [4.78, 5) is 14.4. The second-order valence-corrected chi connectivity index (χ2v) is 5.99. The summed E-state index contributed by atoms with van der Waals surface area (Å²) < 4.78 is 4.62. The van der Waals surface area contributed by atoms with Crippen LogP contribution in [0.25, 0.3) is 0 Å². The van der Waals surface area contributed by atoms with Crippen molar-refractivity contribution in [3.05, 3.63) is 34.8 Å². The lowest BCUT2D eigenvalue weighted by Gasteiger charge is -2.08. The van der Waals surface area contributed by atoms with Crippen LogP contribution in [0, 0.1) is 0 Å². The van der Waals surface area contributed by atoms with Gasteiger partial charge in [0.15, 0.2) is 0 Å². The third-order valence-corrected chi connectivity index (χ3v) is 3.54. The first-order chi connectivity index (χ1) is 9.99. The fourth-order valence-electron chi connectivity index (χ4n) is 1.97. The van der Waals surface area contributed by atoms with Gasteiger partial charge in [0.1, 0.15) is 5.69 Å². The first-order valence-electron chi connectivity index (χ1n) is 6.83. The molecule has 0 fully saturated rings. The van der Waals surface area contributed by atoms with Crippen molar-refractivity contribution >= 4 is 27.5 Å². The molecule has 0 radical (unpaired) electrons. The standard InChI is InChI=1S/C14H20BrN5O/c1-4-19-9-11(15)7-13(19)14(21)17-12-8-16-20(10-12)6-5-18(2)3/h7-10H,4-6H2,1-3H3,(H,17,21). The van der Waals surface area contributed by atoms with E-state index in [4.69, 9.17) is 0 Å². The first kappa shape index (κ1) is 15.8. The fraction of sp³-hybridized carbons (Fsp3) is 0.429. The maximum Gasteiger partial charge on any atom is 0.272 e. The number of amides is 1. The minimum Gasteiger partial charge on any atom is -0.343 e.